The van der Waals surface area contributed by atoms with Crippen molar-refractivity contribution in [1.82, 2.24) is 20.4 Å². The number of aromatic nitrogens is 3. The normalized spacial score (nSPS) is 10.4. The van der Waals surface area contributed by atoms with Gasteiger partial charge in [0.1, 0.15) is 6.54 Å². The second-order valence-electron chi connectivity index (χ2n) is 6.67. The van der Waals surface area contributed by atoms with Crippen LogP contribution in [0.2, 0.25) is 0 Å². The number of carbonyl (C=O) groups excluding carboxylic acids is 2. The van der Waals surface area contributed by atoms with Gasteiger partial charge in [-0.3, -0.25) is 14.6 Å². The maximum Gasteiger partial charge on any atom is 0.325 e. The zero-order chi connectivity index (χ0) is 23.6. The fourth-order valence-corrected chi connectivity index (χ4v) is 2.90. The van der Waals surface area contributed by atoms with Gasteiger partial charge in [-0.25, -0.2) is 0 Å². The molecule has 1 amide bonds. The Morgan fingerprint density at radius 3 is 2.48 bits per heavy atom. The van der Waals surface area contributed by atoms with Gasteiger partial charge in [0.2, 0.25) is 17.5 Å². The lowest BCUT2D eigenvalue weighted by atomic mass is 10.1. The zero-order valence-corrected chi connectivity index (χ0v) is 18.5. The van der Waals surface area contributed by atoms with E-state index in [1.807, 2.05) is 6.07 Å². The van der Waals surface area contributed by atoms with Gasteiger partial charge < -0.3 is 28.8 Å². The van der Waals surface area contributed by atoms with E-state index >= 15 is 0 Å². The smallest absolute Gasteiger partial charge is 0.325 e. The van der Waals surface area contributed by atoms with E-state index in [-0.39, 0.29) is 18.7 Å². The molecule has 0 atom stereocenters. The molecule has 0 spiro atoms. The molecule has 33 heavy (non-hydrogen) atoms. The van der Waals surface area contributed by atoms with Gasteiger partial charge >= 0.3 is 5.97 Å². The first kappa shape index (κ1) is 23.5. The van der Waals surface area contributed by atoms with Crippen LogP contribution < -0.4 is 19.5 Å². The van der Waals surface area contributed by atoms with Gasteiger partial charge in [-0.05, 0) is 30.7 Å². The number of pyridine rings is 1. The third-order valence-corrected chi connectivity index (χ3v) is 4.51. The Kier molecular flexibility index (Phi) is 8.17. The Morgan fingerprint density at radius 1 is 1.09 bits per heavy atom. The summed E-state index contributed by atoms with van der Waals surface area (Å²) in [5.74, 6) is 0.849. The number of nitrogens with zero attached hydrogens (tertiary/aromatic N) is 3. The maximum atomic E-state index is 12.4. The molecule has 2 aromatic heterocycles. The minimum Gasteiger partial charge on any atom is -0.493 e. The number of carbonyl (C=O) groups is 2. The number of benzene rings is 1. The number of hydrogen-bond acceptors (Lipinski definition) is 10. The van der Waals surface area contributed by atoms with Gasteiger partial charge in [0.25, 0.3) is 5.91 Å². The molecule has 174 valence electrons. The van der Waals surface area contributed by atoms with Gasteiger partial charge in [0.05, 0.1) is 27.9 Å². The van der Waals surface area contributed by atoms with Crippen molar-refractivity contribution in [1.29, 1.82) is 0 Å². The second-order valence-corrected chi connectivity index (χ2v) is 6.67. The van der Waals surface area contributed by atoms with Gasteiger partial charge in [-0.2, -0.15) is 4.98 Å². The third-order valence-electron chi connectivity index (χ3n) is 4.51. The van der Waals surface area contributed by atoms with Crippen molar-refractivity contribution in [3.63, 3.8) is 0 Å². The molecule has 1 N–H and O–H groups in total. The summed E-state index contributed by atoms with van der Waals surface area (Å²) in [6, 6.07) is 6.60. The molecule has 0 aliphatic carbocycles. The van der Waals surface area contributed by atoms with Crippen molar-refractivity contribution in [3.05, 3.63) is 48.1 Å². The van der Waals surface area contributed by atoms with Crippen LogP contribution in [0.5, 0.6) is 17.2 Å². The van der Waals surface area contributed by atoms with E-state index in [1.165, 1.54) is 33.5 Å². The molecule has 0 fully saturated rings. The molecule has 3 aromatic rings. The average molecular weight is 456 g/mol. The number of methoxy groups -OCH3 is 3. The van der Waals surface area contributed by atoms with Crippen LogP contribution in [-0.4, -0.2) is 61.5 Å². The molecule has 2 heterocycles. The van der Waals surface area contributed by atoms with Crippen molar-refractivity contribution in [3.8, 4) is 28.6 Å². The molecule has 0 aliphatic rings. The molecular formula is C22H24N4O7. The summed E-state index contributed by atoms with van der Waals surface area (Å²) in [6.45, 7) is -0.148. The molecule has 0 saturated heterocycles. The Hall–Kier alpha value is -4.15. The predicted molar refractivity (Wildman–Crippen MR) is 115 cm³/mol. The van der Waals surface area contributed by atoms with E-state index in [0.717, 1.165) is 5.56 Å². The van der Waals surface area contributed by atoms with Gasteiger partial charge in [0.15, 0.2) is 11.5 Å². The Bertz CT molecular complexity index is 1060. The Balaban J connectivity index is 1.43. The van der Waals surface area contributed by atoms with Crippen LogP contribution in [0, 0.1) is 0 Å². The number of rotatable bonds is 11. The van der Waals surface area contributed by atoms with Crippen LogP contribution in [0.15, 0.2) is 41.2 Å². The van der Waals surface area contributed by atoms with Gasteiger partial charge in [-0.1, -0.05) is 5.16 Å². The highest BCUT2D eigenvalue weighted by Crippen LogP contribution is 2.38. The molecule has 1 aromatic carbocycles. The number of ether oxygens (including phenoxy) is 4. The van der Waals surface area contributed by atoms with Gasteiger partial charge in [0, 0.05) is 29.9 Å². The number of nitrogens with one attached hydrogen (secondary N) is 1. The minimum absolute atomic E-state index is 0.142. The fourth-order valence-electron chi connectivity index (χ4n) is 2.90. The zero-order valence-electron chi connectivity index (χ0n) is 18.5. The van der Waals surface area contributed by atoms with E-state index in [1.54, 1.807) is 18.5 Å². The van der Waals surface area contributed by atoms with Crippen LogP contribution in [0.25, 0.3) is 11.4 Å². The summed E-state index contributed by atoms with van der Waals surface area (Å²) in [4.78, 5) is 32.7. The highest BCUT2D eigenvalue weighted by Gasteiger charge is 2.17. The molecule has 0 aliphatic heterocycles. The van der Waals surface area contributed by atoms with Crippen molar-refractivity contribution >= 4 is 11.9 Å². The first-order valence-corrected chi connectivity index (χ1v) is 10.0. The summed E-state index contributed by atoms with van der Waals surface area (Å²) in [7, 11) is 4.36. The standard InChI is InChI=1S/C22H24N4O7/c1-29-16-10-15(11-17(30-2)20(16)31-3)22(28)24-13-19(27)32-9-5-7-18-25-21(26-33-18)14-6-4-8-23-12-14/h4,6,8,10-12H,5,7,9,13H2,1-3H3,(H,24,28). The summed E-state index contributed by atoms with van der Waals surface area (Å²) >= 11 is 0. The first-order valence-electron chi connectivity index (χ1n) is 10.0. The largest absolute Gasteiger partial charge is 0.493 e. The van der Waals surface area contributed by atoms with E-state index in [9.17, 15) is 9.59 Å². The topological polar surface area (TPSA) is 135 Å². The molecule has 3 rings (SSSR count). The monoisotopic (exact) mass is 456 g/mol. The molecule has 0 saturated carbocycles. The fraction of sp³-hybridized carbons (Fsp3) is 0.318. The number of aryl methyl sites for hydroxylation is 1. The van der Waals surface area contributed by atoms with E-state index in [4.69, 9.17) is 23.5 Å². The number of amides is 1. The summed E-state index contributed by atoms with van der Waals surface area (Å²) in [5, 5.41) is 6.41. The molecule has 0 unspecified atom stereocenters. The Morgan fingerprint density at radius 2 is 1.85 bits per heavy atom. The highest BCUT2D eigenvalue weighted by molar-refractivity contribution is 5.97. The Labute approximate surface area is 190 Å². The van der Waals surface area contributed by atoms with Crippen LogP contribution in [0.4, 0.5) is 0 Å². The van der Waals surface area contributed by atoms with Crippen LogP contribution in [0.1, 0.15) is 22.7 Å². The van der Waals surface area contributed by atoms with Gasteiger partial charge in [-0.15, -0.1) is 0 Å². The number of hydrogen-bond donors (Lipinski definition) is 1. The highest BCUT2D eigenvalue weighted by atomic mass is 16.5. The van der Waals surface area contributed by atoms with Crippen molar-refractivity contribution in [2.75, 3.05) is 34.5 Å². The van der Waals surface area contributed by atoms with E-state index < -0.39 is 11.9 Å². The molecule has 11 heteroatoms. The third kappa shape index (κ3) is 6.19. The first-order chi connectivity index (χ1) is 16.0. The number of esters is 1. The van der Waals surface area contributed by atoms with Crippen LogP contribution in [0.3, 0.4) is 0 Å². The maximum absolute atomic E-state index is 12.4. The average Bonchev–Trinajstić information content (AvgIpc) is 3.33. The van der Waals surface area contributed by atoms with Crippen molar-refractivity contribution in [2.45, 2.75) is 12.8 Å². The van der Waals surface area contributed by atoms with Crippen molar-refractivity contribution < 1.29 is 33.1 Å². The van der Waals surface area contributed by atoms with E-state index in [2.05, 4.69) is 20.4 Å². The van der Waals surface area contributed by atoms with E-state index in [0.29, 0.717) is 41.8 Å². The lowest BCUT2D eigenvalue weighted by Gasteiger charge is -2.14. The quantitative estimate of drug-likeness (QED) is 0.337. The SMILES string of the molecule is COc1cc(C(=O)NCC(=O)OCCCc2nc(-c3cccnc3)no2)cc(OC)c1OC. The summed E-state index contributed by atoms with van der Waals surface area (Å²) < 4.78 is 26.0. The predicted octanol–water partition coefficient (Wildman–Crippen LogP) is 2.06. The molecule has 0 radical (unpaired) electrons. The van der Waals surface area contributed by atoms with Crippen LogP contribution in [-0.2, 0) is 16.0 Å². The summed E-state index contributed by atoms with van der Waals surface area (Å²) in [5.41, 5.74) is 1.000. The minimum atomic E-state index is -0.572. The van der Waals surface area contributed by atoms with Crippen LogP contribution >= 0.6 is 0 Å². The lowest BCUT2D eigenvalue weighted by Crippen LogP contribution is -2.30. The molecule has 11 nitrogen and oxygen atoms in total. The van der Waals surface area contributed by atoms with Crippen molar-refractivity contribution in [2.24, 2.45) is 0 Å². The second kappa shape index (κ2) is 11.5. The lowest BCUT2D eigenvalue weighted by molar-refractivity contribution is -0.142. The molecule has 0 bridgehead atoms. The summed E-state index contributed by atoms with van der Waals surface area (Å²) in [6.07, 6.45) is 4.23. The molecular weight excluding hydrogens is 432 g/mol.